The molecule has 138 valence electrons. The molecule has 25 heavy (non-hydrogen) atoms. The van der Waals surface area contributed by atoms with E-state index in [-0.39, 0.29) is 30.0 Å². The zero-order chi connectivity index (χ0) is 18.6. The van der Waals surface area contributed by atoms with Gasteiger partial charge in [-0.1, -0.05) is 0 Å². The first-order chi connectivity index (χ1) is 11.8. The van der Waals surface area contributed by atoms with Crippen LogP contribution in [-0.2, 0) is 23.0 Å². The van der Waals surface area contributed by atoms with Crippen molar-refractivity contribution in [1.29, 1.82) is 0 Å². The number of carboxylic acid groups (broad SMARTS) is 1. The summed E-state index contributed by atoms with van der Waals surface area (Å²) in [6, 6.07) is -0.0205. The molecule has 1 aliphatic rings. The van der Waals surface area contributed by atoms with Crippen LogP contribution in [0.15, 0.2) is 6.20 Å². The SMILES string of the molecule is CCOC(=O)N1CCC(NC(=O)Cc2c(C(=O)O)c(C)cn2C)CC1. The van der Waals surface area contributed by atoms with Crippen LogP contribution >= 0.6 is 0 Å². The minimum atomic E-state index is -1.02. The number of carboxylic acids is 1. The van der Waals surface area contributed by atoms with Crippen molar-refractivity contribution in [2.24, 2.45) is 7.05 Å². The van der Waals surface area contributed by atoms with Crippen LogP contribution in [0.3, 0.4) is 0 Å². The van der Waals surface area contributed by atoms with Crippen molar-refractivity contribution in [3.05, 3.63) is 23.0 Å². The zero-order valence-corrected chi connectivity index (χ0v) is 14.9. The van der Waals surface area contributed by atoms with Gasteiger partial charge in [-0.15, -0.1) is 0 Å². The third-order valence-electron chi connectivity index (χ3n) is 4.42. The molecule has 1 aromatic rings. The number of carbonyl (C=O) groups excluding carboxylic acids is 2. The van der Waals surface area contributed by atoms with E-state index in [0.717, 1.165) is 0 Å². The van der Waals surface area contributed by atoms with Gasteiger partial charge in [-0.2, -0.15) is 0 Å². The molecular weight excluding hydrogens is 326 g/mol. The van der Waals surface area contributed by atoms with E-state index in [1.807, 2.05) is 0 Å². The van der Waals surface area contributed by atoms with Gasteiger partial charge in [0.1, 0.15) is 0 Å². The van der Waals surface area contributed by atoms with Gasteiger partial charge < -0.3 is 24.6 Å². The van der Waals surface area contributed by atoms with Crippen LogP contribution in [0.4, 0.5) is 4.79 Å². The summed E-state index contributed by atoms with van der Waals surface area (Å²) in [7, 11) is 1.74. The number of piperidine rings is 1. The largest absolute Gasteiger partial charge is 0.478 e. The predicted octanol–water partition coefficient (Wildman–Crippen LogP) is 1.31. The van der Waals surface area contributed by atoms with Gasteiger partial charge in [0.25, 0.3) is 0 Å². The molecule has 8 heteroatoms. The summed E-state index contributed by atoms with van der Waals surface area (Å²) in [5.74, 6) is -1.23. The minimum Gasteiger partial charge on any atom is -0.478 e. The quantitative estimate of drug-likeness (QED) is 0.833. The molecule has 2 rings (SSSR count). The van der Waals surface area contributed by atoms with Gasteiger partial charge in [-0.05, 0) is 32.3 Å². The Kier molecular flexibility index (Phi) is 6.06. The van der Waals surface area contributed by atoms with E-state index < -0.39 is 5.97 Å². The number of rotatable bonds is 5. The zero-order valence-electron chi connectivity index (χ0n) is 14.9. The summed E-state index contributed by atoms with van der Waals surface area (Å²) < 4.78 is 6.65. The predicted molar refractivity (Wildman–Crippen MR) is 90.6 cm³/mol. The van der Waals surface area contributed by atoms with E-state index in [1.54, 1.807) is 36.6 Å². The van der Waals surface area contributed by atoms with E-state index in [0.29, 0.717) is 43.8 Å². The molecule has 2 amide bonds. The second-order valence-corrected chi connectivity index (χ2v) is 6.25. The summed E-state index contributed by atoms with van der Waals surface area (Å²) in [4.78, 5) is 37.0. The van der Waals surface area contributed by atoms with Gasteiger partial charge in [-0.25, -0.2) is 9.59 Å². The molecule has 0 aliphatic carbocycles. The van der Waals surface area contributed by atoms with Crippen LogP contribution in [0.25, 0.3) is 0 Å². The number of hydrogen-bond donors (Lipinski definition) is 2. The lowest BCUT2D eigenvalue weighted by atomic mass is 10.0. The Balaban J connectivity index is 1.90. The van der Waals surface area contributed by atoms with Crippen molar-refractivity contribution in [2.45, 2.75) is 39.2 Å². The molecule has 0 bridgehead atoms. The Morgan fingerprint density at radius 3 is 2.52 bits per heavy atom. The first kappa shape index (κ1) is 18.8. The lowest BCUT2D eigenvalue weighted by Gasteiger charge is -2.31. The molecule has 2 N–H and O–H groups in total. The van der Waals surface area contributed by atoms with Crippen LogP contribution in [0.1, 0.15) is 41.4 Å². The number of hydrogen-bond acceptors (Lipinski definition) is 4. The highest BCUT2D eigenvalue weighted by Gasteiger charge is 2.26. The molecule has 1 aliphatic heterocycles. The van der Waals surface area contributed by atoms with E-state index >= 15 is 0 Å². The molecule has 0 spiro atoms. The van der Waals surface area contributed by atoms with Crippen LogP contribution in [0.5, 0.6) is 0 Å². The van der Waals surface area contributed by atoms with E-state index in [2.05, 4.69) is 5.32 Å². The third-order valence-corrected chi connectivity index (χ3v) is 4.42. The summed E-state index contributed by atoms with van der Waals surface area (Å²) in [6.45, 7) is 4.90. The second kappa shape index (κ2) is 8.04. The molecule has 2 heterocycles. The maximum atomic E-state index is 12.3. The molecule has 0 saturated carbocycles. The summed E-state index contributed by atoms with van der Waals surface area (Å²) in [6.07, 6.45) is 2.72. The van der Waals surface area contributed by atoms with Gasteiger partial charge in [0.05, 0.1) is 18.6 Å². The monoisotopic (exact) mass is 351 g/mol. The van der Waals surface area contributed by atoms with Crippen LogP contribution in [0.2, 0.25) is 0 Å². The number of aromatic carboxylic acids is 1. The van der Waals surface area contributed by atoms with Crippen molar-refractivity contribution < 1.29 is 24.2 Å². The maximum absolute atomic E-state index is 12.3. The number of ether oxygens (including phenoxy) is 1. The standard InChI is InChI=1S/C17H25N3O5/c1-4-25-17(24)20-7-5-12(6-8-20)18-14(21)9-13-15(16(22)23)11(2)10-19(13)3/h10,12H,4-9H2,1-3H3,(H,18,21)(H,22,23). The summed E-state index contributed by atoms with van der Waals surface area (Å²) >= 11 is 0. The van der Waals surface area contributed by atoms with Gasteiger partial charge >= 0.3 is 12.1 Å². The number of carbonyl (C=O) groups is 3. The number of likely N-dealkylation sites (tertiary alicyclic amines) is 1. The molecule has 1 aromatic heterocycles. The van der Waals surface area contributed by atoms with E-state index in [1.165, 1.54) is 0 Å². The number of aryl methyl sites for hydroxylation is 2. The van der Waals surface area contributed by atoms with Gasteiger partial charge in [0.15, 0.2) is 0 Å². The third kappa shape index (κ3) is 4.52. The van der Waals surface area contributed by atoms with Crippen molar-refractivity contribution in [1.82, 2.24) is 14.8 Å². The first-order valence-corrected chi connectivity index (χ1v) is 8.42. The summed E-state index contributed by atoms with van der Waals surface area (Å²) in [5, 5.41) is 12.3. The topological polar surface area (TPSA) is 101 Å². The highest BCUT2D eigenvalue weighted by atomic mass is 16.6. The van der Waals surface area contributed by atoms with Gasteiger partial charge in [-0.3, -0.25) is 4.79 Å². The highest BCUT2D eigenvalue weighted by Crippen LogP contribution is 2.17. The fourth-order valence-corrected chi connectivity index (χ4v) is 3.19. The molecule has 0 unspecified atom stereocenters. The number of nitrogens with one attached hydrogen (secondary N) is 1. The lowest BCUT2D eigenvalue weighted by Crippen LogP contribution is -2.47. The number of aromatic nitrogens is 1. The van der Waals surface area contributed by atoms with Gasteiger partial charge in [0, 0.05) is 38.1 Å². The molecule has 1 saturated heterocycles. The molecule has 0 aromatic carbocycles. The van der Waals surface area contributed by atoms with Crippen LogP contribution in [-0.4, -0.2) is 58.3 Å². The summed E-state index contributed by atoms with van der Waals surface area (Å²) in [5.41, 5.74) is 1.32. The molecule has 0 atom stereocenters. The highest BCUT2D eigenvalue weighted by molar-refractivity contribution is 5.93. The Labute approximate surface area is 146 Å². The Morgan fingerprint density at radius 2 is 1.96 bits per heavy atom. The van der Waals surface area contributed by atoms with Crippen molar-refractivity contribution in [3.63, 3.8) is 0 Å². The fourth-order valence-electron chi connectivity index (χ4n) is 3.19. The fraction of sp³-hybridized carbons (Fsp3) is 0.588. The van der Waals surface area contributed by atoms with E-state index in [9.17, 15) is 19.5 Å². The first-order valence-electron chi connectivity index (χ1n) is 8.42. The Morgan fingerprint density at radius 1 is 1.32 bits per heavy atom. The smallest absolute Gasteiger partial charge is 0.409 e. The van der Waals surface area contributed by atoms with Crippen molar-refractivity contribution in [3.8, 4) is 0 Å². The molecule has 0 radical (unpaired) electrons. The second-order valence-electron chi connectivity index (χ2n) is 6.25. The normalized spacial score (nSPS) is 15.1. The maximum Gasteiger partial charge on any atom is 0.409 e. The number of amides is 2. The van der Waals surface area contributed by atoms with Crippen molar-refractivity contribution in [2.75, 3.05) is 19.7 Å². The van der Waals surface area contributed by atoms with Crippen LogP contribution in [0, 0.1) is 6.92 Å². The molecule has 1 fully saturated rings. The Bertz CT molecular complexity index is 659. The molecule has 8 nitrogen and oxygen atoms in total. The lowest BCUT2D eigenvalue weighted by molar-refractivity contribution is -0.121. The average molecular weight is 351 g/mol. The van der Waals surface area contributed by atoms with E-state index in [4.69, 9.17) is 4.74 Å². The Hall–Kier alpha value is -2.51. The minimum absolute atomic E-state index is 0.0179. The van der Waals surface area contributed by atoms with Gasteiger partial charge in [0.2, 0.25) is 5.91 Å². The van der Waals surface area contributed by atoms with Crippen LogP contribution < -0.4 is 5.32 Å². The average Bonchev–Trinajstić information content (AvgIpc) is 2.82. The van der Waals surface area contributed by atoms with Crippen molar-refractivity contribution >= 4 is 18.0 Å². The number of nitrogens with zero attached hydrogens (tertiary/aromatic N) is 2. The molecular formula is C17H25N3O5.